The number of aliphatic hydroxyl groups is 1. The molecule has 0 fully saturated rings. The second kappa shape index (κ2) is 16.1. The predicted octanol–water partition coefficient (Wildman–Crippen LogP) is 8.99. The molecule has 250 valence electrons. The first-order valence-corrected chi connectivity index (χ1v) is 19.1. The van der Waals surface area contributed by atoms with Crippen LogP contribution in [-0.2, 0) is 24.3 Å². The monoisotopic (exact) mass is 654 g/mol. The molecule has 1 amide bonds. The Labute approximate surface area is 281 Å². The fourth-order valence-corrected chi connectivity index (χ4v) is 6.06. The Kier molecular flexibility index (Phi) is 12.3. The van der Waals surface area contributed by atoms with Crippen LogP contribution in [0.3, 0.4) is 0 Å². The van der Waals surface area contributed by atoms with Crippen LogP contribution in [0.15, 0.2) is 103 Å². The number of aliphatic hydroxyl groups excluding tert-OH is 1. The van der Waals surface area contributed by atoms with Gasteiger partial charge < -0.3 is 19.0 Å². The zero-order valence-corrected chi connectivity index (χ0v) is 29.8. The number of ether oxygens (including phenoxy) is 2. The van der Waals surface area contributed by atoms with Crippen LogP contribution in [0.4, 0.5) is 10.5 Å². The van der Waals surface area contributed by atoms with Crippen molar-refractivity contribution in [3.05, 3.63) is 125 Å². The van der Waals surface area contributed by atoms with Gasteiger partial charge in [-0.3, -0.25) is 10.2 Å². The summed E-state index contributed by atoms with van der Waals surface area (Å²) < 4.78 is 17.4. The average Bonchev–Trinajstić information content (AvgIpc) is 3.05. The summed E-state index contributed by atoms with van der Waals surface area (Å²) in [6.07, 6.45) is -0.620. The maximum absolute atomic E-state index is 12.2. The molecular weight excluding hydrogens is 605 g/mol. The van der Waals surface area contributed by atoms with Gasteiger partial charge >= 0.3 is 6.09 Å². The van der Waals surface area contributed by atoms with Crippen LogP contribution in [0.25, 0.3) is 0 Å². The quantitative estimate of drug-likeness (QED) is 0.132. The van der Waals surface area contributed by atoms with Crippen LogP contribution >= 0.6 is 0 Å². The van der Waals surface area contributed by atoms with Crippen LogP contribution in [0, 0.1) is 0 Å². The molecule has 0 aromatic heterocycles. The van der Waals surface area contributed by atoms with E-state index in [0.29, 0.717) is 36.7 Å². The topological polar surface area (TPSA) is 80.3 Å². The second-order valence-corrected chi connectivity index (χ2v) is 18.4. The van der Waals surface area contributed by atoms with E-state index in [2.05, 4.69) is 87.4 Å². The van der Waals surface area contributed by atoms with Crippen LogP contribution in [0.1, 0.15) is 56.1 Å². The molecule has 4 rings (SSSR count). The van der Waals surface area contributed by atoms with E-state index in [-0.39, 0.29) is 11.1 Å². The molecule has 0 saturated carbocycles. The Morgan fingerprint density at radius 1 is 0.872 bits per heavy atom. The smallest absolute Gasteiger partial charge is 0.411 e. The number of amides is 1. The van der Waals surface area contributed by atoms with Crippen molar-refractivity contribution in [3.8, 4) is 11.5 Å². The highest BCUT2D eigenvalue weighted by Gasteiger charge is 2.39. The number of carbonyl (C=O) groups is 1. The fourth-order valence-electron chi connectivity index (χ4n) is 5.03. The van der Waals surface area contributed by atoms with Gasteiger partial charge in [0.2, 0.25) is 8.32 Å². The molecule has 0 radical (unpaired) electrons. The molecule has 0 bridgehead atoms. The minimum atomic E-state index is -1.92. The summed E-state index contributed by atoms with van der Waals surface area (Å²) in [5, 5.41) is 14.4. The molecule has 0 aliphatic carbocycles. The molecular formula is C39H50N2O5Si. The Hall–Kier alpha value is -4.11. The molecule has 0 saturated heterocycles. The summed E-state index contributed by atoms with van der Waals surface area (Å²) in [5.74, 6) is 1.41. The van der Waals surface area contributed by atoms with Crippen molar-refractivity contribution >= 4 is 20.1 Å². The van der Waals surface area contributed by atoms with E-state index in [9.17, 15) is 9.90 Å². The summed E-state index contributed by atoms with van der Waals surface area (Å²) >= 11 is 0. The number of hydrogen-bond acceptors (Lipinski definition) is 6. The predicted molar refractivity (Wildman–Crippen MR) is 192 cm³/mol. The van der Waals surface area contributed by atoms with Gasteiger partial charge in [0.15, 0.2) is 0 Å². The zero-order chi connectivity index (χ0) is 34.0. The second-order valence-electron chi connectivity index (χ2n) is 13.6. The van der Waals surface area contributed by atoms with Crippen molar-refractivity contribution in [2.45, 2.75) is 77.5 Å². The molecule has 0 spiro atoms. The molecule has 0 heterocycles. The Morgan fingerprint density at radius 2 is 1.49 bits per heavy atom. The molecule has 4 aromatic rings. The SMILES string of the molecule is COC(=O)Nc1cc([C@H](O)CN(Cc2ccccc2)[C@H](C)Cc2ccc(O[Si](C)(C)C(C)(C)C)cc2)ccc1OCc1ccccc1. The normalized spacial score (nSPS) is 13.1. The summed E-state index contributed by atoms with van der Waals surface area (Å²) in [5.41, 5.74) is 4.48. The van der Waals surface area contributed by atoms with Crippen LogP contribution in [0.2, 0.25) is 18.1 Å². The third-order valence-electron chi connectivity index (χ3n) is 8.94. The molecule has 2 atom stereocenters. The number of nitrogens with zero attached hydrogens (tertiary/aromatic N) is 1. The number of benzene rings is 4. The summed E-state index contributed by atoms with van der Waals surface area (Å²) in [6.45, 7) is 14.9. The van der Waals surface area contributed by atoms with Crippen molar-refractivity contribution in [2.24, 2.45) is 0 Å². The molecule has 0 aliphatic heterocycles. The van der Waals surface area contributed by atoms with Crippen LogP contribution < -0.4 is 14.5 Å². The average molecular weight is 655 g/mol. The Morgan fingerprint density at radius 3 is 2.09 bits per heavy atom. The molecule has 4 aromatic carbocycles. The lowest BCUT2D eigenvalue weighted by Crippen LogP contribution is -2.43. The Balaban J connectivity index is 1.51. The van der Waals surface area contributed by atoms with E-state index in [1.165, 1.54) is 18.2 Å². The first kappa shape index (κ1) is 35.7. The Bertz CT molecular complexity index is 1560. The van der Waals surface area contributed by atoms with E-state index in [1.54, 1.807) is 12.1 Å². The van der Waals surface area contributed by atoms with Crippen molar-refractivity contribution < 1.29 is 23.8 Å². The van der Waals surface area contributed by atoms with Crippen molar-refractivity contribution in [1.29, 1.82) is 0 Å². The van der Waals surface area contributed by atoms with Crippen LogP contribution in [-0.4, -0.2) is 44.1 Å². The maximum Gasteiger partial charge on any atom is 0.411 e. The first-order chi connectivity index (χ1) is 22.3. The van der Waals surface area contributed by atoms with Gasteiger partial charge in [0, 0.05) is 19.1 Å². The van der Waals surface area contributed by atoms with Gasteiger partial charge in [-0.2, -0.15) is 0 Å². The van der Waals surface area contributed by atoms with Gasteiger partial charge in [0.1, 0.15) is 18.1 Å². The summed E-state index contributed by atoms with van der Waals surface area (Å²) in [4.78, 5) is 14.5. The fraction of sp³-hybridized carbons (Fsp3) is 0.359. The van der Waals surface area contributed by atoms with Gasteiger partial charge in [-0.25, -0.2) is 4.79 Å². The molecule has 0 aliphatic rings. The highest BCUT2D eigenvalue weighted by molar-refractivity contribution is 6.74. The van der Waals surface area contributed by atoms with Gasteiger partial charge in [-0.1, -0.05) is 99.6 Å². The number of methoxy groups -OCH3 is 1. The number of carbonyl (C=O) groups excluding carboxylic acids is 1. The molecule has 8 heteroatoms. The first-order valence-electron chi connectivity index (χ1n) is 16.2. The van der Waals surface area contributed by atoms with E-state index < -0.39 is 20.5 Å². The van der Waals surface area contributed by atoms with E-state index >= 15 is 0 Å². The largest absolute Gasteiger partial charge is 0.544 e. The molecule has 0 unspecified atom stereocenters. The highest BCUT2D eigenvalue weighted by Crippen LogP contribution is 2.37. The number of nitrogens with one attached hydrogen (secondary N) is 1. The standard InChI is InChI=1S/C39H50N2O5Si/c1-29(24-30-18-21-34(22-19-30)46-47(6,7)39(2,3)4)41(26-31-14-10-8-11-15-31)27-36(42)33-20-23-37(35(25-33)40-38(43)44-5)45-28-32-16-12-9-13-17-32/h8-23,25,29,36,42H,24,26-28H2,1-7H3,(H,40,43)/t29-,36-/m1/s1. The van der Waals surface area contributed by atoms with Crippen molar-refractivity contribution in [3.63, 3.8) is 0 Å². The van der Waals surface area contributed by atoms with Gasteiger partial charge in [-0.15, -0.1) is 0 Å². The maximum atomic E-state index is 12.2. The molecule has 47 heavy (non-hydrogen) atoms. The lowest BCUT2D eigenvalue weighted by molar-refractivity contribution is 0.0859. The van der Waals surface area contributed by atoms with E-state index in [0.717, 1.165) is 17.7 Å². The van der Waals surface area contributed by atoms with E-state index in [1.807, 2.05) is 54.6 Å². The minimum Gasteiger partial charge on any atom is -0.544 e. The van der Waals surface area contributed by atoms with Crippen molar-refractivity contribution in [2.75, 3.05) is 19.0 Å². The summed E-state index contributed by atoms with van der Waals surface area (Å²) in [7, 11) is -0.605. The number of anilines is 1. The lowest BCUT2D eigenvalue weighted by Gasteiger charge is -2.36. The van der Waals surface area contributed by atoms with Gasteiger partial charge in [-0.05, 0) is 78.0 Å². The van der Waals surface area contributed by atoms with Gasteiger partial charge in [0.05, 0.1) is 18.9 Å². The van der Waals surface area contributed by atoms with Crippen molar-refractivity contribution in [1.82, 2.24) is 4.90 Å². The van der Waals surface area contributed by atoms with Gasteiger partial charge in [0.25, 0.3) is 0 Å². The minimum absolute atomic E-state index is 0.123. The molecule has 2 N–H and O–H groups in total. The highest BCUT2D eigenvalue weighted by atomic mass is 28.4. The van der Waals surface area contributed by atoms with E-state index in [4.69, 9.17) is 13.9 Å². The molecule has 7 nitrogen and oxygen atoms in total. The summed E-state index contributed by atoms with van der Waals surface area (Å²) in [6, 6.07) is 34.1. The third kappa shape index (κ3) is 10.4. The number of rotatable bonds is 14. The lowest BCUT2D eigenvalue weighted by atomic mass is 10.0. The van der Waals surface area contributed by atoms with Crippen LogP contribution in [0.5, 0.6) is 11.5 Å². The zero-order valence-electron chi connectivity index (χ0n) is 28.8. The third-order valence-corrected chi connectivity index (χ3v) is 13.3. The number of hydrogen-bond donors (Lipinski definition) is 2.